The van der Waals surface area contributed by atoms with Crippen LogP contribution in [0.4, 0.5) is 0 Å². The van der Waals surface area contributed by atoms with Gasteiger partial charge in [-0.2, -0.15) is 0 Å². The van der Waals surface area contributed by atoms with Crippen molar-refractivity contribution in [2.24, 2.45) is 11.8 Å². The lowest BCUT2D eigenvalue weighted by molar-refractivity contribution is -0.143. The van der Waals surface area contributed by atoms with Crippen molar-refractivity contribution < 1.29 is 14.6 Å². The highest BCUT2D eigenvalue weighted by atomic mass is 16.5. The molecule has 2 heterocycles. The summed E-state index contributed by atoms with van der Waals surface area (Å²) in [6, 6.07) is 0.314. The van der Waals surface area contributed by atoms with Crippen LogP contribution in [0.3, 0.4) is 0 Å². The van der Waals surface area contributed by atoms with E-state index in [-0.39, 0.29) is 6.04 Å². The predicted octanol–water partition coefficient (Wildman–Crippen LogP) is 2.13. The minimum atomic E-state index is -0.610. The van der Waals surface area contributed by atoms with Gasteiger partial charge in [-0.3, -0.25) is 9.69 Å². The fourth-order valence-corrected chi connectivity index (χ4v) is 4.29. The largest absolute Gasteiger partial charge is 0.480 e. The number of carboxylic acid groups (broad SMARTS) is 1. The molecule has 0 bridgehead atoms. The molecule has 3 fully saturated rings. The van der Waals surface area contributed by atoms with Crippen molar-refractivity contribution in [2.45, 2.75) is 57.0 Å². The van der Waals surface area contributed by atoms with Crippen LogP contribution in [0.15, 0.2) is 0 Å². The first-order chi connectivity index (χ1) is 9.25. The molecule has 4 heteroatoms. The first-order valence-electron chi connectivity index (χ1n) is 7.82. The van der Waals surface area contributed by atoms with E-state index in [1.54, 1.807) is 0 Å². The van der Waals surface area contributed by atoms with Crippen LogP contribution in [-0.4, -0.2) is 47.8 Å². The van der Waals surface area contributed by atoms with Crippen molar-refractivity contribution in [3.8, 4) is 0 Å². The van der Waals surface area contributed by atoms with Crippen LogP contribution < -0.4 is 0 Å². The van der Waals surface area contributed by atoms with E-state index in [9.17, 15) is 9.90 Å². The Morgan fingerprint density at radius 3 is 2.63 bits per heavy atom. The highest BCUT2D eigenvalue weighted by molar-refractivity contribution is 5.74. The molecule has 108 valence electrons. The second-order valence-electron chi connectivity index (χ2n) is 6.45. The van der Waals surface area contributed by atoms with E-state index < -0.39 is 5.97 Å². The maximum absolute atomic E-state index is 11.5. The molecule has 4 nitrogen and oxygen atoms in total. The van der Waals surface area contributed by atoms with Gasteiger partial charge in [0.05, 0.1) is 0 Å². The second kappa shape index (κ2) is 5.80. The molecule has 3 aliphatic rings. The SMILES string of the molecule is O=C(O)[C@@H]1C[C@H]2CCCC[C@H]2N1CC1CCOCC1. The average Bonchev–Trinajstić information content (AvgIpc) is 2.79. The molecule has 0 aromatic heterocycles. The first-order valence-corrected chi connectivity index (χ1v) is 7.82. The van der Waals surface area contributed by atoms with Gasteiger partial charge in [0.15, 0.2) is 0 Å². The molecule has 0 aromatic carbocycles. The summed E-state index contributed by atoms with van der Waals surface area (Å²) in [5.41, 5.74) is 0. The molecular formula is C15H25NO3. The summed E-state index contributed by atoms with van der Waals surface area (Å²) >= 11 is 0. The Morgan fingerprint density at radius 1 is 1.16 bits per heavy atom. The highest BCUT2D eigenvalue weighted by Crippen LogP contribution is 2.40. The van der Waals surface area contributed by atoms with Crippen molar-refractivity contribution in [3.63, 3.8) is 0 Å². The summed E-state index contributed by atoms with van der Waals surface area (Å²) in [5.74, 6) is 0.660. The fraction of sp³-hybridized carbons (Fsp3) is 0.933. The molecule has 0 amide bonds. The quantitative estimate of drug-likeness (QED) is 0.851. The highest BCUT2D eigenvalue weighted by Gasteiger charge is 2.45. The zero-order valence-corrected chi connectivity index (χ0v) is 11.6. The van der Waals surface area contributed by atoms with Crippen LogP contribution in [0, 0.1) is 11.8 Å². The summed E-state index contributed by atoms with van der Waals surface area (Å²) in [4.78, 5) is 13.9. The molecule has 3 atom stereocenters. The van der Waals surface area contributed by atoms with Gasteiger partial charge in [0.1, 0.15) is 6.04 Å². The van der Waals surface area contributed by atoms with E-state index in [0.29, 0.717) is 17.9 Å². The van der Waals surface area contributed by atoms with Crippen molar-refractivity contribution in [2.75, 3.05) is 19.8 Å². The van der Waals surface area contributed by atoms with Gasteiger partial charge in [-0.05, 0) is 43.9 Å². The van der Waals surface area contributed by atoms with Gasteiger partial charge in [0, 0.05) is 25.8 Å². The summed E-state index contributed by atoms with van der Waals surface area (Å²) in [6.45, 7) is 2.68. The third-order valence-corrected chi connectivity index (χ3v) is 5.32. The molecule has 19 heavy (non-hydrogen) atoms. The van der Waals surface area contributed by atoms with Gasteiger partial charge in [0.25, 0.3) is 0 Å². The van der Waals surface area contributed by atoms with Crippen molar-refractivity contribution >= 4 is 5.97 Å². The van der Waals surface area contributed by atoms with Gasteiger partial charge < -0.3 is 9.84 Å². The molecule has 0 spiro atoms. The van der Waals surface area contributed by atoms with E-state index in [4.69, 9.17) is 4.74 Å². The third kappa shape index (κ3) is 2.79. The summed E-state index contributed by atoms with van der Waals surface area (Å²) in [6.07, 6.45) is 8.08. The van der Waals surface area contributed by atoms with Gasteiger partial charge in [0.2, 0.25) is 0 Å². The fourth-order valence-electron chi connectivity index (χ4n) is 4.29. The van der Waals surface area contributed by atoms with Gasteiger partial charge in [-0.1, -0.05) is 12.8 Å². The van der Waals surface area contributed by atoms with Crippen molar-refractivity contribution in [1.29, 1.82) is 0 Å². The Balaban J connectivity index is 1.69. The van der Waals surface area contributed by atoms with Crippen LogP contribution in [0.25, 0.3) is 0 Å². The number of rotatable bonds is 3. The number of aliphatic carboxylic acids is 1. The molecule has 1 N–H and O–H groups in total. The number of hydrogen-bond acceptors (Lipinski definition) is 3. The monoisotopic (exact) mass is 267 g/mol. The Labute approximate surface area is 115 Å². The lowest BCUT2D eigenvalue weighted by Crippen LogP contribution is -2.45. The Bertz CT molecular complexity index is 327. The van der Waals surface area contributed by atoms with Gasteiger partial charge >= 0.3 is 5.97 Å². The molecular weight excluding hydrogens is 242 g/mol. The van der Waals surface area contributed by atoms with E-state index in [0.717, 1.165) is 39.0 Å². The van der Waals surface area contributed by atoms with Crippen LogP contribution in [0.5, 0.6) is 0 Å². The lowest BCUT2D eigenvalue weighted by Gasteiger charge is -2.36. The number of likely N-dealkylation sites (tertiary alicyclic amines) is 1. The molecule has 0 unspecified atom stereocenters. The maximum atomic E-state index is 11.5. The number of fused-ring (bicyclic) bond motifs is 1. The van der Waals surface area contributed by atoms with Crippen LogP contribution in [0.1, 0.15) is 44.9 Å². The van der Waals surface area contributed by atoms with Crippen LogP contribution in [-0.2, 0) is 9.53 Å². The van der Waals surface area contributed by atoms with Crippen LogP contribution in [0.2, 0.25) is 0 Å². The van der Waals surface area contributed by atoms with Crippen LogP contribution >= 0.6 is 0 Å². The molecule has 2 aliphatic heterocycles. The first kappa shape index (κ1) is 13.4. The van der Waals surface area contributed by atoms with E-state index >= 15 is 0 Å². The zero-order valence-electron chi connectivity index (χ0n) is 11.6. The average molecular weight is 267 g/mol. The van der Waals surface area contributed by atoms with E-state index in [1.165, 1.54) is 25.7 Å². The molecule has 0 aromatic rings. The zero-order chi connectivity index (χ0) is 13.2. The minimum Gasteiger partial charge on any atom is -0.480 e. The number of carboxylic acids is 1. The minimum absolute atomic E-state index is 0.226. The standard InChI is InChI=1S/C15H25NO3/c17-15(18)14-9-12-3-1-2-4-13(12)16(14)10-11-5-7-19-8-6-11/h11-14H,1-10H2,(H,17,18)/t12-,13-,14+/m1/s1. The molecule has 1 saturated carbocycles. The number of carbonyl (C=O) groups is 1. The van der Waals surface area contributed by atoms with E-state index in [1.807, 2.05) is 0 Å². The predicted molar refractivity (Wildman–Crippen MR) is 72.0 cm³/mol. The Hall–Kier alpha value is -0.610. The second-order valence-corrected chi connectivity index (χ2v) is 6.45. The molecule has 0 radical (unpaired) electrons. The topological polar surface area (TPSA) is 49.8 Å². The molecule has 1 aliphatic carbocycles. The van der Waals surface area contributed by atoms with Gasteiger partial charge in [-0.15, -0.1) is 0 Å². The smallest absolute Gasteiger partial charge is 0.320 e. The summed E-state index contributed by atoms with van der Waals surface area (Å²) in [5, 5.41) is 9.49. The van der Waals surface area contributed by atoms with Crippen molar-refractivity contribution in [1.82, 2.24) is 4.90 Å². The Kier molecular flexibility index (Phi) is 4.08. The van der Waals surface area contributed by atoms with E-state index in [2.05, 4.69) is 4.90 Å². The number of ether oxygens (including phenoxy) is 1. The Morgan fingerprint density at radius 2 is 1.89 bits per heavy atom. The molecule has 3 rings (SSSR count). The summed E-state index contributed by atoms with van der Waals surface area (Å²) in [7, 11) is 0. The number of nitrogens with zero attached hydrogens (tertiary/aromatic N) is 1. The van der Waals surface area contributed by atoms with Crippen molar-refractivity contribution in [3.05, 3.63) is 0 Å². The summed E-state index contributed by atoms with van der Waals surface area (Å²) < 4.78 is 5.41. The van der Waals surface area contributed by atoms with Gasteiger partial charge in [-0.25, -0.2) is 0 Å². The molecule has 2 saturated heterocycles. The third-order valence-electron chi connectivity index (χ3n) is 5.32. The normalized spacial score (nSPS) is 37.2. The maximum Gasteiger partial charge on any atom is 0.320 e. The number of hydrogen-bond donors (Lipinski definition) is 1. The lowest BCUT2D eigenvalue weighted by atomic mass is 9.84.